The van der Waals surface area contributed by atoms with Crippen molar-refractivity contribution in [3.63, 3.8) is 0 Å². The van der Waals surface area contributed by atoms with E-state index < -0.39 is 5.82 Å². The van der Waals surface area contributed by atoms with Gasteiger partial charge in [0, 0.05) is 6.20 Å². The molecule has 1 heterocycles. The summed E-state index contributed by atoms with van der Waals surface area (Å²) in [4.78, 5) is 0. The van der Waals surface area contributed by atoms with E-state index in [0.717, 1.165) is 4.47 Å². The molecule has 5 heteroatoms. The number of halogens is 2. The quantitative estimate of drug-likeness (QED) is 0.796. The Bertz CT molecular complexity index is 542. The minimum absolute atomic E-state index is 0.00639. The van der Waals surface area contributed by atoms with Crippen LogP contribution in [0.4, 0.5) is 4.39 Å². The van der Waals surface area contributed by atoms with Gasteiger partial charge in [-0.2, -0.15) is 10.4 Å². The standard InChI is InChI=1S/C10H5BrFN3/c11-7-5-14-15(6-7)10-3-1-2-9(12)8(10)4-13/h1-3,5-6H. The van der Waals surface area contributed by atoms with Crippen molar-refractivity contribution in [1.29, 1.82) is 5.26 Å². The highest BCUT2D eigenvalue weighted by molar-refractivity contribution is 9.10. The minimum atomic E-state index is -0.540. The predicted octanol–water partition coefficient (Wildman–Crippen LogP) is 2.65. The van der Waals surface area contributed by atoms with Gasteiger partial charge in [0.15, 0.2) is 0 Å². The SMILES string of the molecule is N#Cc1c(F)cccc1-n1cc(Br)cn1. The third kappa shape index (κ3) is 1.76. The molecule has 0 spiro atoms. The molecule has 2 rings (SSSR count). The van der Waals surface area contributed by atoms with Crippen molar-refractivity contribution in [2.75, 3.05) is 0 Å². The second-order valence-electron chi connectivity index (χ2n) is 2.85. The number of nitriles is 1. The van der Waals surface area contributed by atoms with Gasteiger partial charge in [-0.25, -0.2) is 9.07 Å². The van der Waals surface area contributed by atoms with Crippen LogP contribution in [0.1, 0.15) is 5.56 Å². The van der Waals surface area contributed by atoms with Crippen molar-refractivity contribution in [3.05, 3.63) is 46.4 Å². The highest BCUT2D eigenvalue weighted by Gasteiger charge is 2.09. The van der Waals surface area contributed by atoms with Gasteiger partial charge in [0.05, 0.1) is 16.4 Å². The average molecular weight is 266 g/mol. The Hall–Kier alpha value is -1.67. The normalized spacial score (nSPS) is 9.93. The average Bonchev–Trinajstić information content (AvgIpc) is 2.64. The highest BCUT2D eigenvalue weighted by atomic mass is 79.9. The van der Waals surface area contributed by atoms with Crippen LogP contribution in [-0.4, -0.2) is 9.78 Å². The molecule has 0 saturated heterocycles. The number of nitrogens with zero attached hydrogens (tertiary/aromatic N) is 3. The van der Waals surface area contributed by atoms with E-state index in [9.17, 15) is 4.39 Å². The zero-order valence-corrected chi connectivity index (χ0v) is 9.07. The molecule has 0 saturated carbocycles. The molecule has 0 aliphatic rings. The molecule has 1 aromatic heterocycles. The molecule has 15 heavy (non-hydrogen) atoms. The van der Waals surface area contributed by atoms with Crippen LogP contribution in [0.25, 0.3) is 5.69 Å². The van der Waals surface area contributed by atoms with Gasteiger partial charge in [-0.05, 0) is 28.1 Å². The van der Waals surface area contributed by atoms with Crippen molar-refractivity contribution in [2.24, 2.45) is 0 Å². The third-order valence-corrected chi connectivity index (χ3v) is 2.31. The lowest BCUT2D eigenvalue weighted by molar-refractivity contribution is 0.621. The first-order valence-corrected chi connectivity index (χ1v) is 4.91. The fourth-order valence-corrected chi connectivity index (χ4v) is 1.53. The van der Waals surface area contributed by atoms with Crippen LogP contribution >= 0.6 is 15.9 Å². The summed E-state index contributed by atoms with van der Waals surface area (Å²) in [5, 5.41) is 12.8. The fourth-order valence-electron chi connectivity index (χ4n) is 1.25. The minimum Gasteiger partial charge on any atom is -0.238 e. The molecule has 0 amide bonds. The second-order valence-corrected chi connectivity index (χ2v) is 3.76. The van der Waals surface area contributed by atoms with Gasteiger partial charge < -0.3 is 0 Å². The van der Waals surface area contributed by atoms with E-state index in [0.29, 0.717) is 5.69 Å². The zero-order chi connectivity index (χ0) is 10.8. The molecular formula is C10H5BrFN3. The second kappa shape index (κ2) is 3.83. The van der Waals surface area contributed by atoms with Gasteiger partial charge in [-0.1, -0.05) is 6.07 Å². The van der Waals surface area contributed by atoms with Crippen molar-refractivity contribution in [3.8, 4) is 11.8 Å². The predicted molar refractivity (Wildman–Crippen MR) is 55.9 cm³/mol. The van der Waals surface area contributed by atoms with Crippen LogP contribution in [0.15, 0.2) is 35.1 Å². The van der Waals surface area contributed by atoms with Crippen molar-refractivity contribution < 1.29 is 4.39 Å². The smallest absolute Gasteiger partial charge is 0.143 e. The van der Waals surface area contributed by atoms with Gasteiger partial charge in [-0.15, -0.1) is 0 Å². The largest absolute Gasteiger partial charge is 0.238 e. The Morgan fingerprint density at radius 3 is 2.87 bits per heavy atom. The van der Waals surface area contributed by atoms with Gasteiger partial charge in [0.1, 0.15) is 17.4 Å². The molecule has 0 radical (unpaired) electrons. The molecule has 2 aromatic rings. The van der Waals surface area contributed by atoms with Crippen molar-refractivity contribution in [2.45, 2.75) is 0 Å². The molecule has 0 fully saturated rings. The third-order valence-electron chi connectivity index (χ3n) is 1.90. The molecule has 0 aliphatic carbocycles. The van der Waals surface area contributed by atoms with Crippen LogP contribution in [0.5, 0.6) is 0 Å². The van der Waals surface area contributed by atoms with E-state index in [1.165, 1.54) is 10.7 Å². The van der Waals surface area contributed by atoms with Crippen molar-refractivity contribution >= 4 is 15.9 Å². The van der Waals surface area contributed by atoms with Crippen molar-refractivity contribution in [1.82, 2.24) is 9.78 Å². The van der Waals surface area contributed by atoms with Crippen LogP contribution in [-0.2, 0) is 0 Å². The first-order valence-electron chi connectivity index (χ1n) is 4.11. The lowest BCUT2D eigenvalue weighted by Crippen LogP contribution is -1.99. The van der Waals surface area contributed by atoms with E-state index in [4.69, 9.17) is 5.26 Å². The Balaban J connectivity index is 2.63. The Kier molecular flexibility index (Phi) is 2.52. The molecule has 1 aromatic carbocycles. The Labute approximate surface area is 93.9 Å². The molecule has 0 N–H and O–H groups in total. The van der Waals surface area contributed by atoms with E-state index in [1.807, 2.05) is 6.07 Å². The van der Waals surface area contributed by atoms with Crippen LogP contribution < -0.4 is 0 Å². The Morgan fingerprint density at radius 2 is 2.27 bits per heavy atom. The van der Waals surface area contributed by atoms with Gasteiger partial charge in [0.2, 0.25) is 0 Å². The van der Waals surface area contributed by atoms with Crippen LogP contribution in [0.2, 0.25) is 0 Å². The maximum absolute atomic E-state index is 13.3. The number of hydrogen-bond acceptors (Lipinski definition) is 2. The lowest BCUT2D eigenvalue weighted by Gasteiger charge is -2.03. The van der Waals surface area contributed by atoms with Crippen LogP contribution in [0.3, 0.4) is 0 Å². The molecule has 0 aliphatic heterocycles. The molecule has 3 nitrogen and oxygen atoms in total. The topological polar surface area (TPSA) is 41.6 Å². The summed E-state index contributed by atoms with van der Waals surface area (Å²) in [5.41, 5.74) is 0.427. The first-order chi connectivity index (χ1) is 7.22. The summed E-state index contributed by atoms with van der Waals surface area (Å²) in [6.45, 7) is 0. The van der Waals surface area contributed by atoms with Gasteiger partial charge in [-0.3, -0.25) is 0 Å². The maximum atomic E-state index is 13.3. The zero-order valence-electron chi connectivity index (χ0n) is 7.48. The summed E-state index contributed by atoms with van der Waals surface area (Å²) >= 11 is 3.23. The lowest BCUT2D eigenvalue weighted by atomic mass is 10.2. The summed E-state index contributed by atoms with van der Waals surface area (Å²) in [7, 11) is 0. The summed E-state index contributed by atoms with van der Waals surface area (Å²) in [6.07, 6.45) is 3.24. The van der Waals surface area contributed by atoms with E-state index in [2.05, 4.69) is 21.0 Å². The number of aromatic nitrogens is 2. The number of benzene rings is 1. The van der Waals surface area contributed by atoms with Gasteiger partial charge >= 0.3 is 0 Å². The van der Waals surface area contributed by atoms with E-state index in [1.54, 1.807) is 24.5 Å². The first kappa shape index (κ1) is 9.87. The van der Waals surface area contributed by atoms with Crippen LogP contribution in [0, 0.1) is 17.1 Å². The Morgan fingerprint density at radius 1 is 1.47 bits per heavy atom. The molecule has 0 unspecified atom stereocenters. The molecular weight excluding hydrogens is 261 g/mol. The van der Waals surface area contributed by atoms with Gasteiger partial charge in [0.25, 0.3) is 0 Å². The number of rotatable bonds is 1. The highest BCUT2D eigenvalue weighted by Crippen LogP contribution is 2.18. The van der Waals surface area contributed by atoms with E-state index >= 15 is 0 Å². The monoisotopic (exact) mass is 265 g/mol. The fraction of sp³-hybridized carbons (Fsp3) is 0. The molecule has 0 bridgehead atoms. The molecule has 0 atom stereocenters. The van der Waals surface area contributed by atoms with E-state index in [-0.39, 0.29) is 5.56 Å². The summed E-state index contributed by atoms with van der Waals surface area (Å²) in [6, 6.07) is 6.25. The summed E-state index contributed by atoms with van der Waals surface area (Å²) in [5.74, 6) is -0.540. The molecule has 74 valence electrons. The number of hydrogen-bond donors (Lipinski definition) is 0. The summed E-state index contributed by atoms with van der Waals surface area (Å²) < 4.78 is 15.5. The maximum Gasteiger partial charge on any atom is 0.143 e.